The topological polar surface area (TPSA) is 166 Å². The third kappa shape index (κ3) is 7.27. The van der Waals surface area contributed by atoms with Crippen LogP contribution in [0.2, 0.25) is 0 Å². The van der Waals surface area contributed by atoms with Crippen molar-refractivity contribution >= 4 is 40.7 Å². The first-order valence-corrected chi connectivity index (χ1v) is 14.6. The Morgan fingerprint density at radius 3 is 2.36 bits per heavy atom. The largest absolute Gasteiger partial charge is 0.383 e. The minimum atomic E-state index is 0.0437. The molecule has 1 aliphatic heterocycles. The summed E-state index contributed by atoms with van der Waals surface area (Å²) in [6.45, 7) is 8.70. The number of nitrogens with one attached hydrogen (secondary N) is 2. The maximum atomic E-state index is 12.6. The van der Waals surface area contributed by atoms with E-state index in [0.29, 0.717) is 67.4 Å². The molecule has 5 aromatic rings. The number of ether oxygens (including phenoxy) is 1. The highest BCUT2D eigenvalue weighted by molar-refractivity contribution is 5.99. The SMILES string of the molecule is CNc1cc(C(C)(C)C)on1.Nc1ncnc2c1c(-c1ccc(CC(=O)N3CCOCC3)cc1)nn2-c1ccc(NC=O)cc1. The van der Waals surface area contributed by atoms with E-state index in [1.807, 2.05) is 54.4 Å². The Balaban J connectivity index is 0.000000309. The highest BCUT2D eigenvalue weighted by Gasteiger charge is 2.21. The van der Waals surface area contributed by atoms with Gasteiger partial charge in [0.25, 0.3) is 0 Å². The predicted octanol–water partition coefficient (Wildman–Crippen LogP) is 4.05. The average Bonchev–Trinajstić information content (AvgIpc) is 3.70. The summed E-state index contributed by atoms with van der Waals surface area (Å²) in [5.41, 5.74) is 10.7. The van der Waals surface area contributed by atoms with E-state index in [0.717, 1.165) is 28.4 Å². The lowest BCUT2D eigenvalue weighted by atomic mass is 9.93. The van der Waals surface area contributed by atoms with Gasteiger partial charge in [-0.2, -0.15) is 5.10 Å². The number of nitrogen functional groups attached to an aromatic ring is 1. The zero-order valence-corrected chi connectivity index (χ0v) is 25.8. The molecule has 2 amide bonds. The number of hydrogen-bond acceptors (Lipinski definition) is 10. The van der Waals surface area contributed by atoms with Crippen LogP contribution in [0.1, 0.15) is 32.1 Å². The molecule has 6 rings (SSSR count). The molecule has 3 aromatic heterocycles. The Morgan fingerprint density at radius 1 is 1.04 bits per heavy atom. The summed E-state index contributed by atoms with van der Waals surface area (Å²) in [7, 11) is 1.82. The van der Waals surface area contributed by atoms with Crippen molar-refractivity contribution in [1.29, 1.82) is 0 Å². The van der Waals surface area contributed by atoms with Gasteiger partial charge in [0.05, 0.1) is 30.7 Å². The number of fused-ring (bicyclic) bond motifs is 1. The van der Waals surface area contributed by atoms with Gasteiger partial charge in [-0.05, 0) is 29.8 Å². The molecule has 13 nitrogen and oxygen atoms in total. The number of amides is 2. The average molecular weight is 612 g/mol. The van der Waals surface area contributed by atoms with E-state index in [2.05, 4.69) is 46.5 Å². The van der Waals surface area contributed by atoms with E-state index in [9.17, 15) is 9.59 Å². The molecule has 234 valence electrons. The number of hydrogen-bond donors (Lipinski definition) is 3. The summed E-state index contributed by atoms with van der Waals surface area (Å²) in [4.78, 5) is 33.6. The highest BCUT2D eigenvalue weighted by Crippen LogP contribution is 2.32. The number of aromatic nitrogens is 5. The number of nitrogens with two attached hydrogens (primary N) is 1. The molecular weight excluding hydrogens is 574 g/mol. The second-order valence-corrected chi connectivity index (χ2v) is 11.5. The predicted molar refractivity (Wildman–Crippen MR) is 172 cm³/mol. The number of carbonyl (C=O) groups excluding carboxylic acids is 2. The molecule has 0 radical (unpaired) electrons. The minimum absolute atomic E-state index is 0.0437. The number of nitrogens with zero attached hydrogens (tertiary/aromatic N) is 6. The Labute approximate surface area is 260 Å². The Bertz CT molecular complexity index is 1750. The van der Waals surface area contributed by atoms with Crippen LogP contribution in [0.15, 0.2) is 65.4 Å². The van der Waals surface area contributed by atoms with Crippen LogP contribution in [-0.2, 0) is 26.2 Å². The standard InChI is InChI=1S/C24H23N7O3.C8H14N2O/c25-23-21-22(17-3-1-16(2-4-17)13-20(33)30-9-11-34-12-10-30)29-31(24(21)27-14-26-23)19-7-5-18(6-8-19)28-15-32;1-8(2,3)6-5-7(9-4)10-11-6/h1-8,14-15H,9-13H2,(H,28,32)(H2,25,26,27);5H,1-4H3,(H,9,10). The minimum Gasteiger partial charge on any atom is -0.383 e. The summed E-state index contributed by atoms with van der Waals surface area (Å²) < 4.78 is 12.1. The van der Waals surface area contributed by atoms with Gasteiger partial charge in [-0.3, -0.25) is 9.59 Å². The highest BCUT2D eigenvalue weighted by atomic mass is 16.5. The fraction of sp³-hybridized carbons (Fsp3) is 0.312. The van der Waals surface area contributed by atoms with Gasteiger partial charge < -0.3 is 30.5 Å². The van der Waals surface area contributed by atoms with Gasteiger partial charge in [0.15, 0.2) is 11.5 Å². The van der Waals surface area contributed by atoms with Gasteiger partial charge >= 0.3 is 0 Å². The van der Waals surface area contributed by atoms with Gasteiger partial charge in [0.1, 0.15) is 23.6 Å². The van der Waals surface area contributed by atoms with E-state index in [1.54, 1.807) is 16.8 Å². The van der Waals surface area contributed by atoms with E-state index >= 15 is 0 Å². The molecule has 0 spiro atoms. The quantitative estimate of drug-likeness (QED) is 0.229. The Kier molecular flexibility index (Phi) is 9.38. The zero-order valence-electron chi connectivity index (χ0n) is 25.8. The van der Waals surface area contributed by atoms with Crippen LogP contribution in [0, 0.1) is 0 Å². The second kappa shape index (κ2) is 13.6. The van der Waals surface area contributed by atoms with Gasteiger partial charge in [-0.25, -0.2) is 14.6 Å². The van der Waals surface area contributed by atoms with Gasteiger partial charge in [0.2, 0.25) is 12.3 Å². The molecule has 13 heteroatoms. The molecule has 0 aliphatic carbocycles. The molecule has 45 heavy (non-hydrogen) atoms. The van der Waals surface area contributed by atoms with E-state index in [4.69, 9.17) is 20.1 Å². The molecule has 0 bridgehead atoms. The van der Waals surface area contributed by atoms with E-state index in [1.165, 1.54) is 6.33 Å². The normalized spacial score (nSPS) is 13.2. The fourth-order valence-corrected chi connectivity index (χ4v) is 4.75. The Hall–Kier alpha value is -5.30. The first kappa shape index (κ1) is 31.1. The monoisotopic (exact) mass is 611 g/mol. The molecule has 1 saturated heterocycles. The fourth-order valence-electron chi connectivity index (χ4n) is 4.75. The van der Waals surface area contributed by atoms with E-state index in [-0.39, 0.29) is 11.3 Å². The first-order chi connectivity index (χ1) is 21.7. The van der Waals surface area contributed by atoms with Crippen molar-refractivity contribution in [2.24, 2.45) is 0 Å². The molecule has 2 aromatic carbocycles. The van der Waals surface area contributed by atoms with Crippen LogP contribution < -0.4 is 16.4 Å². The van der Waals surface area contributed by atoms with Crippen molar-refractivity contribution < 1.29 is 18.8 Å². The number of benzene rings is 2. The van der Waals surface area contributed by atoms with Crippen molar-refractivity contribution in [3.63, 3.8) is 0 Å². The van der Waals surface area contributed by atoms with Crippen LogP contribution in [0.4, 0.5) is 17.3 Å². The molecule has 0 saturated carbocycles. The summed E-state index contributed by atoms with van der Waals surface area (Å²) in [6, 6.07) is 16.9. The lowest BCUT2D eigenvalue weighted by molar-refractivity contribution is -0.134. The van der Waals surface area contributed by atoms with Gasteiger partial charge in [0, 0.05) is 42.9 Å². The van der Waals surface area contributed by atoms with Crippen molar-refractivity contribution in [1.82, 2.24) is 29.8 Å². The van der Waals surface area contributed by atoms with Gasteiger partial charge in [-0.1, -0.05) is 50.2 Å². The molecule has 0 atom stereocenters. The first-order valence-electron chi connectivity index (χ1n) is 14.6. The lowest BCUT2D eigenvalue weighted by Crippen LogP contribution is -2.41. The smallest absolute Gasteiger partial charge is 0.227 e. The van der Waals surface area contributed by atoms with Gasteiger partial charge in [-0.15, -0.1) is 0 Å². The lowest BCUT2D eigenvalue weighted by Gasteiger charge is -2.26. The van der Waals surface area contributed by atoms with Crippen LogP contribution in [0.25, 0.3) is 28.0 Å². The van der Waals surface area contributed by atoms with Crippen molar-refractivity contribution in [3.05, 3.63) is 72.2 Å². The number of rotatable bonds is 7. The maximum absolute atomic E-state index is 12.6. The van der Waals surface area contributed by atoms with Crippen LogP contribution in [0.3, 0.4) is 0 Å². The Morgan fingerprint density at radius 2 is 1.76 bits per heavy atom. The molecule has 0 unspecified atom stereocenters. The summed E-state index contributed by atoms with van der Waals surface area (Å²) in [5, 5.41) is 14.8. The maximum Gasteiger partial charge on any atom is 0.227 e. The number of anilines is 3. The second-order valence-electron chi connectivity index (χ2n) is 11.5. The van der Waals surface area contributed by atoms with Crippen LogP contribution in [0.5, 0.6) is 0 Å². The third-order valence-electron chi connectivity index (χ3n) is 7.28. The summed E-state index contributed by atoms with van der Waals surface area (Å²) >= 11 is 0. The van der Waals surface area contributed by atoms with Crippen LogP contribution in [-0.4, -0.2) is 75.5 Å². The summed E-state index contributed by atoms with van der Waals surface area (Å²) in [6.07, 6.45) is 2.37. The van der Waals surface area contributed by atoms with Crippen molar-refractivity contribution in [2.45, 2.75) is 32.6 Å². The van der Waals surface area contributed by atoms with Crippen molar-refractivity contribution in [3.8, 4) is 16.9 Å². The molecule has 4 heterocycles. The zero-order chi connectivity index (χ0) is 32.0. The third-order valence-corrected chi connectivity index (χ3v) is 7.28. The molecule has 1 aliphatic rings. The number of morpholine rings is 1. The summed E-state index contributed by atoms with van der Waals surface area (Å²) in [5.74, 6) is 2.12. The van der Waals surface area contributed by atoms with Crippen molar-refractivity contribution in [2.75, 3.05) is 49.7 Å². The molecular formula is C32H37N9O4. The molecule has 1 fully saturated rings. The molecule has 4 N–H and O–H groups in total. The van der Waals surface area contributed by atoms with Crippen LogP contribution >= 0.6 is 0 Å². The number of carbonyl (C=O) groups is 2. The van der Waals surface area contributed by atoms with E-state index < -0.39 is 0 Å².